The van der Waals surface area contributed by atoms with Gasteiger partial charge in [0.1, 0.15) is 17.7 Å². The number of benzene rings is 1. The van der Waals surface area contributed by atoms with E-state index in [0.717, 1.165) is 16.7 Å². The van der Waals surface area contributed by atoms with Gasteiger partial charge in [0.15, 0.2) is 0 Å². The maximum atomic E-state index is 13.8. The zero-order valence-electron chi connectivity index (χ0n) is 22.5. The van der Waals surface area contributed by atoms with Crippen LogP contribution >= 0.6 is 0 Å². The molecule has 0 aliphatic heterocycles. The SMILES string of the molecule is Cc1cccc(C)c1C(C(=O)NC(C)(C)C)N(C(=O)C(C)NC(=O)OC(C)(C)C)C(C)(C)C. The molecule has 7 heteroatoms. The molecule has 0 bridgehead atoms. The van der Waals surface area contributed by atoms with E-state index in [1.807, 2.05) is 73.6 Å². The maximum Gasteiger partial charge on any atom is 0.408 e. The second kappa shape index (κ2) is 10.1. The van der Waals surface area contributed by atoms with Gasteiger partial charge in [0.05, 0.1) is 0 Å². The summed E-state index contributed by atoms with van der Waals surface area (Å²) >= 11 is 0. The Bertz CT molecular complexity index is 853. The largest absolute Gasteiger partial charge is 0.444 e. The minimum atomic E-state index is -0.895. The van der Waals surface area contributed by atoms with Gasteiger partial charge in [-0.2, -0.15) is 0 Å². The van der Waals surface area contributed by atoms with E-state index in [-0.39, 0.29) is 11.8 Å². The summed E-state index contributed by atoms with van der Waals surface area (Å²) in [6.45, 7) is 22.1. The Morgan fingerprint density at radius 2 is 1.39 bits per heavy atom. The number of hydrogen-bond donors (Lipinski definition) is 2. The Hall–Kier alpha value is -2.57. The second-order valence-corrected chi connectivity index (χ2v) is 11.7. The van der Waals surface area contributed by atoms with E-state index in [0.29, 0.717) is 0 Å². The standard InChI is InChI=1S/C26H43N3O4/c1-16-14-13-15-17(2)19(16)20(21(30)28-24(4,5)6)29(25(7,8)9)22(31)18(3)27-23(32)33-26(10,11)12/h13-15,18,20H,1-12H3,(H,27,32)(H,28,30). The van der Waals surface area contributed by atoms with E-state index in [1.165, 1.54) is 0 Å². The molecule has 7 nitrogen and oxygen atoms in total. The first-order chi connectivity index (χ1) is 14.7. The molecule has 0 heterocycles. The highest BCUT2D eigenvalue weighted by Crippen LogP contribution is 2.34. The molecule has 3 amide bonds. The Morgan fingerprint density at radius 3 is 1.79 bits per heavy atom. The zero-order chi connectivity index (χ0) is 25.9. The molecule has 1 aromatic carbocycles. The summed E-state index contributed by atoms with van der Waals surface area (Å²) in [4.78, 5) is 41.4. The van der Waals surface area contributed by atoms with E-state index in [1.54, 1.807) is 32.6 Å². The fourth-order valence-electron chi connectivity index (χ4n) is 3.67. The van der Waals surface area contributed by atoms with Crippen molar-refractivity contribution in [2.75, 3.05) is 0 Å². The van der Waals surface area contributed by atoms with E-state index in [4.69, 9.17) is 4.74 Å². The summed E-state index contributed by atoms with van der Waals surface area (Å²) in [5, 5.41) is 5.67. The van der Waals surface area contributed by atoms with Crippen LogP contribution in [-0.4, -0.2) is 45.5 Å². The van der Waals surface area contributed by atoms with Crippen LogP contribution in [0.15, 0.2) is 18.2 Å². The molecule has 2 N–H and O–H groups in total. The van der Waals surface area contributed by atoms with E-state index in [2.05, 4.69) is 10.6 Å². The molecule has 2 atom stereocenters. The van der Waals surface area contributed by atoms with Crippen molar-refractivity contribution in [1.29, 1.82) is 0 Å². The van der Waals surface area contributed by atoms with Gasteiger partial charge in [-0.25, -0.2) is 4.79 Å². The Morgan fingerprint density at radius 1 is 0.909 bits per heavy atom. The van der Waals surface area contributed by atoms with Crippen molar-refractivity contribution < 1.29 is 19.1 Å². The Balaban J connectivity index is 3.54. The quantitative estimate of drug-likeness (QED) is 0.659. The number of aryl methyl sites for hydroxylation is 2. The average molecular weight is 462 g/mol. The number of amides is 3. The molecule has 0 saturated heterocycles. The van der Waals surface area contributed by atoms with Gasteiger partial charge in [-0.15, -0.1) is 0 Å². The monoisotopic (exact) mass is 461 g/mol. The summed E-state index contributed by atoms with van der Waals surface area (Å²) in [5.41, 5.74) is 0.725. The number of nitrogens with one attached hydrogen (secondary N) is 2. The number of hydrogen-bond acceptors (Lipinski definition) is 4. The van der Waals surface area contributed by atoms with Crippen LogP contribution in [0.5, 0.6) is 0 Å². The minimum Gasteiger partial charge on any atom is -0.444 e. The lowest BCUT2D eigenvalue weighted by Crippen LogP contribution is -2.59. The van der Waals surface area contributed by atoms with Gasteiger partial charge in [0, 0.05) is 11.1 Å². The van der Waals surface area contributed by atoms with Crippen molar-refractivity contribution in [3.63, 3.8) is 0 Å². The molecule has 33 heavy (non-hydrogen) atoms. The Labute approximate surface area is 199 Å². The van der Waals surface area contributed by atoms with Gasteiger partial charge < -0.3 is 20.3 Å². The number of rotatable bonds is 5. The van der Waals surface area contributed by atoms with Gasteiger partial charge in [-0.1, -0.05) is 18.2 Å². The smallest absolute Gasteiger partial charge is 0.408 e. The fraction of sp³-hybridized carbons (Fsp3) is 0.654. The number of carbonyl (C=O) groups excluding carboxylic acids is 3. The molecule has 0 aliphatic carbocycles. The first kappa shape index (κ1) is 28.5. The lowest BCUT2D eigenvalue weighted by Gasteiger charge is -2.44. The molecule has 0 aromatic heterocycles. The molecule has 1 aromatic rings. The number of carbonyl (C=O) groups is 3. The summed E-state index contributed by atoms with van der Waals surface area (Å²) in [6, 6.07) is 4.04. The molecule has 0 saturated carbocycles. The zero-order valence-corrected chi connectivity index (χ0v) is 22.5. The molecule has 186 valence electrons. The van der Waals surface area contributed by atoms with Crippen LogP contribution in [0, 0.1) is 13.8 Å². The summed E-state index contributed by atoms with van der Waals surface area (Å²) < 4.78 is 5.32. The van der Waals surface area contributed by atoms with Crippen LogP contribution in [0.2, 0.25) is 0 Å². The van der Waals surface area contributed by atoms with Crippen LogP contribution in [0.4, 0.5) is 4.79 Å². The molecule has 0 radical (unpaired) electrons. The highest BCUT2D eigenvalue weighted by Gasteiger charge is 2.42. The third kappa shape index (κ3) is 8.37. The van der Waals surface area contributed by atoms with Gasteiger partial charge >= 0.3 is 6.09 Å². The predicted octanol–water partition coefficient (Wildman–Crippen LogP) is 4.80. The summed E-state index contributed by atoms with van der Waals surface area (Å²) in [6.07, 6.45) is -0.681. The van der Waals surface area contributed by atoms with Crippen molar-refractivity contribution in [3.05, 3.63) is 34.9 Å². The molecular weight excluding hydrogens is 418 g/mol. The van der Waals surface area contributed by atoms with Crippen molar-refractivity contribution in [3.8, 4) is 0 Å². The Kier molecular flexibility index (Phi) is 8.75. The topological polar surface area (TPSA) is 87.7 Å². The van der Waals surface area contributed by atoms with E-state index < -0.39 is 34.9 Å². The van der Waals surface area contributed by atoms with Gasteiger partial charge in [-0.3, -0.25) is 9.59 Å². The lowest BCUT2D eigenvalue weighted by atomic mass is 9.89. The van der Waals surface area contributed by atoms with E-state index in [9.17, 15) is 14.4 Å². The van der Waals surface area contributed by atoms with Crippen LogP contribution in [0.3, 0.4) is 0 Å². The number of ether oxygens (including phenoxy) is 1. The predicted molar refractivity (Wildman–Crippen MR) is 132 cm³/mol. The highest BCUT2D eigenvalue weighted by atomic mass is 16.6. The van der Waals surface area contributed by atoms with Crippen molar-refractivity contribution >= 4 is 17.9 Å². The van der Waals surface area contributed by atoms with Crippen LogP contribution in [-0.2, 0) is 14.3 Å². The second-order valence-electron chi connectivity index (χ2n) is 11.7. The first-order valence-corrected chi connectivity index (χ1v) is 11.5. The maximum absolute atomic E-state index is 13.8. The van der Waals surface area contributed by atoms with Gasteiger partial charge in [-0.05, 0) is 99.8 Å². The number of nitrogens with zero attached hydrogens (tertiary/aromatic N) is 1. The molecule has 1 rings (SSSR count). The minimum absolute atomic E-state index is 0.271. The summed E-state index contributed by atoms with van der Waals surface area (Å²) in [5.74, 6) is -0.641. The fourth-order valence-corrected chi connectivity index (χ4v) is 3.67. The van der Waals surface area contributed by atoms with Gasteiger partial charge in [0.25, 0.3) is 0 Å². The third-order valence-electron chi connectivity index (χ3n) is 4.88. The summed E-state index contributed by atoms with van der Waals surface area (Å²) in [7, 11) is 0. The van der Waals surface area contributed by atoms with Crippen LogP contribution < -0.4 is 10.6 Å². The molecule has 0 fully saturated rings. The highest BCUT2D eigenvalue weighted by molar-refractivity contribution is 5.93. The average Bonchev–Trinajstić information content (AvgIpc) is 2.55. The van der Waals surface area contributed by atoms with E-state index >= 15 is 0 Å². The lowest BCUT2D eigenvalue weighted by molar-refractivity contribution is -0.148. The normalized spacial score (nSPS) is 14.2. The number of alkyl carbamates (subject to hydrolysis) is 1. The molecular formula is C26H43N3O4. The van der Waals surface area contributed by atoms with Crippen LogP contribution in [0.1, 0.15) is 92.0 Å². The molecule has 0 aliphatic rings. The van der Waals surface area contributed by atoms with Crippen molar-refractivity contribution in [2.45, 2.75) is 112 Å². The van der Waals surface area contributed by atoms with Crippen molar-refractivity contribution in [2.24, 2.45) is 0 Å². The van der Waals surface area contributed by atoms with Gasteiger partial charge in [0.2, 0.25) is 11.8 Å². The third-order valence-corrected chi connectivity index (χ3v) is 4.88. The molecule has 2 unspecified atom stereocenters. The van der Waals surface area contributed by atoms with Crippen LogP contribution in [0.25, 0.3) is 0 Å². The first-order valence-electron chi connectivity index (χ1n) is 11.5. The molecule has 0 spiro atoms. The van der Waals surface area contributed by atoms with Crippen molar-refractivity contribution in [1.82, 2.24) is 15.5 Å².